The highest BCUT2D eigenvalue weighted by Crippen LogP contribution is 1.84. The van der Waals surface area contributed by atoms with E-state index >= 15 is 0 Å². The van der Waals surface area contributed by atoms with E-state index in [-0.39, 0.29) is 6.61 Å². The molecule has 0 fully saturated rings. The van der Waals surface area contributed by atoms with Gasteiger partial charge in [0.05, 0.1) is 0 Å². The monoisotopic (exact) mass is 113 g/mol. The maximum absolute atomic E-state index is 10.1. The molecule has 0 amide bonds. The van der Waals surface area contributed by atoms with Gasteiger partial charge in [-0.1, -0.05) is 0 Å². The van der Waals surface area contributed by atoms with Gasteiger partial charge < -0.3 is 0 Å². The van der Waals surface area contributed by atoms with Crippen LogP contribution in [0.5, 0.6) is 0 Å². The summed E-state index contributed by atoms with van der Waals surface area (Å²) in [6, 6.07) is 0. The first-order valence-electron chi connectivity index (χ1n) is 2.14. The molecular weight excluding hydrogens is 108 g/mol. The molecule has 8 heavy (non-hydrogen) atoms. The Morgan fingerprint density at radius 1 is 1.75 bits per heavy atom. The Hall–Kier alpha value is -0.970. The molecule has 0 atom stereocenters. The predicted octanol–water partition coefficient (Wildman–Crippen LogP) is -0.859. The van der Waals surface area contributed by atoms with E-state index in [2.05, 4.69) is 15.5 Å². The Morgan fingerprint density at radius 3 is 2.75 bits per heavy atom. The molecule has 0 bridgehead atoms. The summed E-state index contributed by atoms with van der Waals surface area (Å²) >= 11 is 0. The van der Waals surface area contributed by atoms with Crippen LogP contribution >= 0.6 is 0 Å². The van der Waals surface area contributed by atoms with Crippen LogP contribution in [-0.4, -0.2) is 20.2 Å². The van der Waals surface area contributed by atoms with E-state index in [1.807, 2.05) is 0 Å². The minimum absolute atomic E-state index is 0.358. The largest absolute Gasteiger partial charge is 0.230 e. The second-order valence-corrected chi connectivity index (χ2v) is 1.36. The smallest absolute Gasteiger partial charge is 0.180 e. The maximum atomic E-state index is 10.1. The van der Waals surface area contributed by atoms with E-state index in [0.717, 1.165) is 0 Å². The Balaban J connectivity index is 2.92. The zero-order chi connectivity index (χ0) is 5.98. The van der Waals surface area contributed by atoms with E-state index in [1.54, 1.807) is 7.05 Å². The molecule has 0 aliphatic heterocycles. The molecule has 5 heteroatoms. The number of aryl methyl sites for hydroxylation is 1. The van der Waals surface area contributed by atoms with E-state index < -0.39 is 0 Å². The molecule has 0 N–H and O–H groups in total. The van der Waals surface area contributed by atoms with Crippen molar-refractivity contribution in [1.82, 2.24) is 20.2 Å². The molecule has 1 heterocycles. The summed E-state index contributed by atoms with van der Waals surface area (Å²) in [5.41, 5.74) is 0. The average Bonchev–Trinajstić information content (AvgIpc) is 2.14. The Bertz CT molecular complexity index is 172. The Labute approximate surface area is 45.9 Å². The molecule has 1 rings (SSSR count). The summed E-state index contributed by atoms with van der Waals surface area (Å²) in [7, 11) is 1.63. The molecule has 1 radical (unpaired) electrons. The molecule has 1 aromatic rings. The van der Waals surface area contributed by atoms with Crippen molar-refractivity contribution in [2.75, 3.05) is 0 Å². The standard InChI is InChI=1S/C3H5N4O/c1-7-3(2-8)4-5-6-7/h2H2,1H3. The van der Waals surface area contributed by atoms with Gasteiger partial charge >= 0.3 is 0 Å². The van der Waals surface area contributed by atoms with E-state index in [9.17, 15) is 5.11 Å². The van der Waals surface area contributed by atoms with Gasteiger partial charge in [0, 0.05) is 7.05 Å². The highest BCUT2D eigenvalue weighted by molar-refractivity contribution is 4.72. The molecular formula is C3H5N4O. The van der Waals surface area contributed by atoms with Crippen LogP contribution in [0, 0.1) is 0 Å². The predicted molar refractivity (Wildman–Crippen MR) is 23.2 cm³/mol. The SMILES string of the molecule is Cn1nnnc1C[O]. The molecule has 0 aliphatic rings. The van der Waals surface area contributed by atoms with Crippen molar-refractivity contribution in [2.45, 2.75) is 6.61 Å². The van der Waals surface area contributed by atoms with Gasteiger partial charge in [-0.25, -0.2) is 9.79 Å². The average molecular weight is 113 g/mol. The highest BCUT2D eigenvalue weighted by atomic mass is 16.3. The lowest BCUT2D eigenvalue weighted by Gasteiger charge is -1.85. The second kappa shape index (κ2) is 1.87. The first-order chi connectivity index (χ1) is 3.84. The fourth-order valence-electron chi connectivity index (χ4n) is 0.370. The number of nitrogens with zero attached hydrogens (tertiary/aromatic N) is 4. The van der Waals surface area contributed by atoms with E-state index in [4.69, 9.17) is 0 Å². The van der Waals surface area contributed by atoms with Crippen molar-refractivity contribution in [2.24, 2.45) is 7.05 Å². The molecule has 43 valence electrons. The first kappa shape index (κ1) is 5.17. The molecule has 0 spiro atoms. The summed E-state index contributed by atoms with van der Waals surface area (Å²) in [5, 5.41) is 20.2. The van der Waals surface area contributed by atoms with Crippen molar-refractivity contribution in [3.8, 4) is 0 Å². The molecule has 0 saturated heterocycles. The third-order valence-corrected chi connectivity index (χ3v) is 0.837. The van der Waals surface area contributed by atoms with Crippen molar-refractivity contribution in [1.29, 1.82) is 0 Å². The highest BCUT2D eigenvalue weighted by Gasteiger charge is 1.96. The summed E-state index contributed by atoms with van der Waals surface area (Å²) in [6.07, 6.45) is 0. The van der Waals surface area contributed by atoms with Crippen molar-refractivity contribution >= 4 is 0 Å². The number of hydrogen-bond acceptors (Lipinski definition) is 3. The first-order valence-corrected chi connectivity index (χ1v) is 2.14. The minimum atomic E-state index is -0.358. The van der Waals surface area contributed by atoms with Crippen LogP contribution in [-0.2, 0) is 18.8 Å². The normalized spacial score (nSPS) is 9.75. The van der Waals surface area contributed by atoms with Crippen LogP contribution in [0.15, 0.2) is 0 Å². The van der Waals surface area contributed by atoms with Gasteiger partial charge in [-0.2, -0.15) is 0 Å². The summed E-state index contributed by atoms with van der Waals surface area (Å²) in [5.74, 6) is 0.366. The van der Waals surface area contributed by atoms with Crippen LogP contribution in [0.4, 0.5) is 0 Å². The van der Waals surface area contributed by atoms with Crippen LogP contribution in [0.3, 0.4) is 0 Å². The number of hydrogen-bond donors (Lipinski definition) is 0. The third-order valence-electron chi connectivity index (χ3n) is 0.837. The zero-order valence-electron chi connectivity index (χ0n) is 4.40. The Kier molecular flexibility index (Phi) is 1.21. The Morgan fingerprint density at radius 2 is 2.50 bits per heavy atom. The number of rotatable bonds is 1. The molecule has 0 unspecified atom stereocenters. The van der Waals surface area contributed by atoms with Gasteiger partial charge in [0.1, 0.15) is 6.61 Å². The summed E-state index contributed by atoms with van der Waals surface area (Å²) < 4.78 is 1.35. The fourth-order valence-corrected chi connectivity index (χ4v) is 0.370. The maximum Gasteiger partial charge on any atom is 0.180 e. The lowest BCUT2D eigenvalue weighted by Crippen LogP contribution is -1.97. The van der Waals surface area contributed by atoms with E-state index in [1.165, 1.54) is 4.68 Å². The van der Waals surface area contributed by atoms with Crippen molar-refractivity contribution < 1.29 is 5.11 Å². The van der Waals surface area contributed by atoms with Crippen molar-refractivity contribution in [3.05, 3.63) is 5.82 Å². The zero-order valence-corrected chi connectivity index (χ0v) is 4.40. The fraction of sp³-hybridized carbons (Fsp3) is 0.667. The molecule has 5 nitrogen and oxygen atoms in total. The van der Waals surface area contributed by atoms with Crippen LogP contribution in [0.25, 0.3) is 0 Å². The van der Waals surface area contributed by atoms with Crippen LogP contribution < -0.4 is 0 Å². The topological polar surface area (TPSA) is 63.5 Å². The minimum Gasteiger partial charge on any atom is -0.230 e. The van der Waals surface area contributed by atoms with Gasteiger partial charge in [0.15, 0.2) is 5.82 Å². The van der Waals surface area contributed by atoms with Gasteiger partial charge in [0.25, 0.3) is 0 Å². The van der Waals surface area contributed by atoms with Gasteiger partial charge in [0.2, 0.25) is 0 Å². The summed E-state index contributed by atoms with van der Waals surface area (Å²) in [6.45, 7) is -0.358. The third kappa shape index (κ3) is 0.671. The lowest BCUT2D eigenvalue weighted by atomic mass is 10.7. The lowest BCUT2D eigenvalue weighted by molar-refractivity contribution is 0.166. The quantitative estimate of drug-likeness (QED) is 0.476. The number of aromatic nitrogens is 4. The van der Waals surface area contributed by atoms with Gasteiger partial charge in [-0.15, -0.1) is 5.10 Å². The summed E-state index contributed by atoms with van der Waals surface area (Å²) in [4.78, 5) is 0. The van der Waals surface area contributed by atoms with Gasteiger partial charge in [-0.05, 0) is 10.4 Å². The molecule has 1 aromatic heterocycles. The van der Waals surface area contributed by atoms with Crippen molar-refractivity contribution in [3.63, 3.8) is 0 Å². The number of tetrazole rings is 1. The second-order valence-electron chi connectivity index (χ2n) is 1.36. The molecule has 0 aliphatic carbocycles. The van der Waals surface area contributed by atoms with Gasteiger partial charge in [-0.3, -0.25) is 0 Å². The van der Waals surface area contributed by atoms with Crippen LogP contribution in [0.2, 0.25) is 0 Å². The van der Waals surface area contributed by atoms with Crippen LogP contribution in [0.1, 0.15) is 5.82 Å². The molecule has 0 aromatic carbocycles. The van der Waals surface area contributed by atoms with E-state index in [0.29, 0.717) is 5.82 Å². The molecule has 0 saturated carbocycles.